The Morgan fingerprint density at radius 3 is 2.44 bits per heavy atom. The number of fused-ring (bicyclic) bond motifs is 1. The van der Waals surface area contributed by atoms with Crippen molar-refractivity contribution in [3.8, 4) is 5.75 Å². The summed E-state index contributed by atoms with van der Waals surface area (Å²) in [6.07, 6.45) is 0. The molecule has 7 heteroatoms. The van der Waals surface area contributed by atoms with Crippen molar-refractivity contribution in [1.29, 1.82) is 0 Å². The lowest BCUT2D eigenvalue weighted by Gasteiger charge is -2.16. The normalized spacial score (nSPS) is 15.6. The van der Waals surface area contributed by atoms with Gasteiger partial charge in [0.05, 0.1) is 17.4 Å². The number of rotatable bonds is 5. The van der Waals surface area contributed by atoms with Gasteiger partial charge < -0.3 is 10.1 Å². The molecule has 1 aliphatic heterocycles. The first-order valence-corrected chi connectivity index (χ1v) is 9.31. The van der Waals surface area contributed by atoms with Crippen molar-refractivity contribution >= 4 is 21.6 Å². The molecule has 132 valence electrons. The Balaban J connectivity index is 1.81. The molecule has 1 heterocycles. The third-order valence-electron chi connectivity index (χ3n) is 4.42. The summed E-state index contributed by atoms with van der Waals surface area (Å²) >= 11 is 0. The van der Waals surface area contributed by atoms with Crippen molar-refractivity contribution in [3.05, 3.63) is 53.6 Å². The summed E-state index contributed by atoms with van der Waals surface area (Å²) in [6, 6.07) is 11.8. The average molecular weight is 360 g/mol. The van der Waals surface area contributed by atoms with Gasteiger partial charge in [-0.25, -0.2) is 13.1 Å². The van der Waals surface area contributed by atoms with Crippen LogP contribution in [0.2, 0.25) is 0 Å². The molecule has 6 nitrogen and oxygen atoms in total. The van der Waals surface area contributed by atoms with Gasteiger partial charge in [-0.05, 0) is 55.3 Å². The minimum atomic E-state index is -3.68. The molecule has 2 aromatic carbocycles. The average Bonchev–Trinajstić information content (AvgIpc) is 2.82. The fourth-order valence-electron chi connectivity index (χ4n) is 2.72. The van der Waals surface area contributed by atoms with E-state index in [1.165, 1.54) is 6.07 Å². The molecule has 0 aromatic heterocycles. The minimum Gasteiger partial charge on any atom is -0.497 e. The van der Waals surface area contributed by atoms with Crippen LogP contribution in [0.1, 0.15) is 25.0 Å². The van der Waals surface area contributed by atoms with Gasteiger partial charge in [0.25, 0.3) is 0 Å². The highest BCUT2D eigenvalue weighted by Gasteiger charge is 2.39. The molecule has 0 unspecified atom stereocenters. The Hall–Kier alpha value is -2.38. The third kappa shape index (κ3) is 3.25. The molecule has 2 N–H and O–H groups in total. The van der Waals surface area contributed by atoms with Crippen LogP contribution < -0.4 is 14.8 Å². The van der Waals surface area contributed by atoms with E-state index in [0.717, 1.165) is 5.56 Å². The Kier molecular flexibility index (Phi) is 4.30. The summed E-state index contributed by atoms with van der Waals surface area (Å²) in [4.78, 5) is 12.1. The minimum absolute atomic E-state index is 0.136. The quantitative estimate of drug-likeness (QED) is 0.857. The van der Waals surface area contributed by atoms with E-state index in [2.05, 4.69) is 10.0 Å². The van der Waals surface area contributed by atoms with Crippen LogP contribution in [0.15, 0.2) is 47.4 Å². The molecule has 1 aliphatic rings. The van der Waals surface area contributed by atoms with Crippen LogP contribution in [0.3, 0.4) is 0 Å². The maximum absolute atomic E-state index is 12.6. The van der Waals surface area contributed by atoms with Gasteiger partial charge in [-0.1, -0.05) is 12.1 Å². The number of carbonyl (C=O) groups excluding carboxylic acids is 1. The number of sulfonamides is 1. The number of ether oxygens (including phenoxy) is 1. The Morgan fingerprint density at radius 1 is 1.12 bits per heavy atom. The summed E-state index contributed by atoms with van der Waals surface area (Å²) in [5.74, 6) is 0.577. The SMILES string of the molecule is COc1ccc(CNS(=O)(=O)c2ccc3c(c2)C(C)(C)C(=O)N3)cc1. The van der Waals surface area contributed by atoms with E-state index in [9.17, 15) is 13.2 Å². The van der Waals surface area contributed by atoms with Crippen molar-refractivity contribution in [2.45, 2.75) is 30.7 Å². The molecule has 0 fully saturated rings. The third-order valence-corrected chi connectivity index (χ3v) is 5.81. The summed E-state index contributed by atoms with van der Waals surface area (Å²) in [5.41, 5.74) is 1.41. The second kappa shape index (κ2) is 6.16. The van der Waals surface area contributed by atoms with Crippen LogP contribution in [0.25, 0.3) is 0 Å². The summed E-state index contributed by atoms with van der Waals surface area (Å²) in [5, 5.41) is 2.77. The summed E-state index contributed by atoms with van der Waals surface area (Å²) in [7, 11) is -2.11. The number of amides is 1. The standard InChI is InChI=1S/C18H20N2O4S/c1-18(2)15-10-14(8-9-16(15)20-17(18)21)25(22,23)19-11-12-4-6-13(24-3)7-5-12/h4-10,19H,11H2,1-3H3,(H,20,21). The van der Waals surface area contributed by atoms with E-state index in [0.29, 0.717) is 17.0 Å². The predicted octanol–water partition coefficient (Wildman–Crippen LogP) is 2.40. The van der Waals surface area contributed by atoms with Crippen molar-refractivity contribution in [2.75, 3.05) is 12.4 Å². The van der Waals surface area contributed by atoms with Crippen LogP contribution in [0.4, 0.5) is 5.69 Å². The predicted molar refractivity (Wildman–Crippen MR) is 95.1 cm³/mol. The number of benzene rings is 2. The lowest BCUT2D eigenvalue weighted by molar-refractivity contribution is -0.119. The zero-order valence-corrected chi connectivity index (χ0v) is 15.1. The molecule has 0 aliphatic carbocycles. The van der Waals surface area contributed by atoms with Gasteiger partial charge in [0.2, 0.25) is 15.9 Å². The molecule has 1 amide bonds. The molecule has 0 spiro atoms. The van der Waals surface area contributed by atoms with Gasteiger partial charge in [-0.3, -0.25) is 4.79 Å². The van der Waals surface area contributed by atoms with E-state index < -0.39 is 15.4 Å². The highest BCUT2D eigenvalue weighted by Crippen LogP contribution is 2.38. The molecule has 0 bridgehead atoms. The van der Waals surface area contributed by atoms with Gasteiger partial charge >= 0.3 is 0 Å². The van der Waals surface area contributed by atoms with Gasteiger partial charge in [0, 0.05) is 12.2 Å². The number of anilines is 1. The van der Waals surface area contributed by atoms with Gasteiger partial charge in [0.1, 0.15) is 5.75 Å². The maximum atomic E-state index is 12.6. The lowest BCUT2D eigenvalue weighted by Crippen LogP contribution is -2.27. The molecular weight excluding hydrogens is 340 g/mol. The lowest BCUT2D eigenvalue weighted by atomic mass is 9.86. The van der Waals surface area contributed by atoms with Gasteiger partial charge in [-0.15, -0.1) is 0 Å². The molecule has 25 heavy (non-hydrogen) atoms. The molecular formula is C18H20N2O4S. The van der Waals surface area contributed by atoms with Crippen LogP contribution >= 0.6 is 0 Å². The second-order valence-corrected chi connectivity index (χ2v) is 8.23. The van der Waals surface area contributed by atoms with Crippen LogP contribution in [0, 0.1) is 0 Å². The first-order valence-electron chi connectivity index (χ1n) is 7.82. The van der Waals surface area contributed by atoms with Gasteiger partial charge in [-0.2, -0.15) is 0 Å². The second-order valence-electron chi connectivity index (χ2n) is 6.46. The molecule has 0 saturated heterocycles. The van der Waals surface area contributed by atoms with Crippen LogP contribution in [-0.4, -0.2) is 21.4 Å². The van der Waals surface area contributed by atoms with E-state index in [1.807, 2.05) is 0 Å². The number of methoxy groups -OCH3 is 1. The Labute approximate surface area is 147 Å². The Bertz CT molecular complexity index is 919. The maximum Gasteiger partial charge on any atom is 0.240 e. The molecule has 0 saturated carbocycles. The molecule has 2 aromatic rings. The largest absolute Gasteiger partial charge is 0.497 e. The zero-order valence-electron chi connectivity index (χ0n) is 14.3. The highest BCUT2D eigenvalue weighted by molar-refractivity contribution is 7.89. The van der Waals surface area contributed by atoms with Gasteiger partial charge in [0.15, 0.2) is 0 Å². The van der Waals surface area contributed by atoms with E-state index in [1.54, 1.807) is 57.4 Å². The smallest absolute Gasteiger partial charge is 0.240 e. The number of hydrogen-bond donors (Lipinski definition) is 2. The Morgan fingerprint density at radius 2 is 1.80 bits per heavy atom. The number of hydrogen-bond acceptors (Lipinski definition) is 4. The first-order chi connectivity index (χ1) is 11.7. The van der Waals surface area contributed by atoms with E-state index in [-0.39, 0.29) is 17.3 Å². The number of carbonyl (C=O) groups is 1. The van der Waals surface area contributed by atoms with Crippen molar-refractivity contribution in [3.63, 3.8) is 0 Å². The van der Waals surface area contributed by atoms with E-state index >= 15 is 0 Å². The fourth-order valence-corrected chi connectivity index (χ4v) is 3.77. The zero-order chi connectivity index (χ0) is 18.2. The van der Waals surface area contributed by atoms with Crippen LogP contribution in [-0.2, 0) is 26.8 Å². The van der Waals surface area contributed by atoms with Crippen LogP contribution in [0.5, 0.6) is 5.75 Å². The topological polar surface area (TPSA) is 84.5 Å². The van der Waals surface area contributed by atoms with Crippen molar-refractivity contribution in [1.82, 2.24) is 4.72 Å². The van der Waals surface area contributed by atoms with Crippen molar-refractivity contribution < 1.29 is 17.9 Å². The fraction of sp³-hybridized carbons (Fsp3) is 0.278. The highest BCUT2D eigenvalue weighted by atomic mass is 32.2. The number of nitrogens with one attached hydrogen (secondary N) is 2. The monoisotopic (exact) mass is 360 g/mol. The molecule has 3 rings (SSSR count). The van der Waals surface area contributed by atoms with Crippen molar-refractivity contribution in [2.24, 2.45) is 0 Å². The summed E-state index contributed by atoms with van der Waals surface area (Å²) < 4.78 is 32.8. The first kappa shape index (κ1) is 17.4. The molecule has 0 radical (unpaired) electrons. The molecule has 0 atom stereocenters. The van der Waals surface area contributed by atoms with E-state index in [4.69, 9.17) is 4.74 Å². The summed E-state index contributed by atoms with van der Waals surface area (Å²) in [6.45, 7) is 3.72.